The standard InChI is InChI=1S/C14H25N3S/c1-2-17-8-4-5-12(11-17)9-14-16-10-13(18-14)6-3-7-15/h10,12H,2-9,11,15H2,1H3. The van der Waals surface area contributed by atoms with Gasteiger partial charge in [0.1, 0.15) is 0 Å². The molecule has 0 bridgehead atoms. The average Bonchev–Trinajstić information content (AvgIpc) is 2.84. The van der Waals surface area contributed by atoms with Gasteiger partial charge in [-0.15, -0.1) is 11.3 Å². The van der Waals surface area contributed by atoms with Crippen molar-refractivity contribution in [1.82, 2.24) is 9.88 Å². The number of hydrogen-bond donors (Lipinski definition) is 1. The van der Waals surface area contributed by atoms with Gasteiger partial charge in [-0.05, 0) is 51.2 Å². The van der Waals surface area contributed by atoms with Gasteiger partial charge in [0.2, 0.25) is 0 Å². The van der Waals surface area contributed by atoms with Gasteiger partial charge >= 0.3 is 0 Å². The van der Waals surface area contributed by atoms with E-state index < -0.39 is 0 Å². The van der Waals surface area contributed by atoms with Gasteiger partial charge < -0.3 is 10.6 Å². The fourth-order valence-corrected chi connectivity index (χ4v) is 3.77. The van der Waals surface area contributed by atoms with Crippen molar-refractivity contribution in [1.29, 1.82) is 0 Å². The van der Waals surface area contributed by atoms with Crippen LogP contribution in [0.2, 0.25) is 0 Å². The summed E-state index contributed by atoms with van der Waals surface area (Å²) in [6.07, 6.45) is 8.12. The number of likely N-dealkylation sites (tertiary alicyclic amines) is 1. The third-order valence-electron chi connectivity index (χ3n) is 3.74. The molecule has 0 aromatic carbocycles. The van der Waals surface area contributed by atoms with Gasteiger partial charge in [0, 0.05) is 24.0 Å². The van der Waals surface area contributed by atoms with Gasteiger partial charge in [-0.3, -0.25) is 0 Å². The van der Waals surface area contributed by atoms with Crippen LogP contribution in [0.1, 0.15) is 36.1 Å². The molecule has 1 fully saturated rings. The van der Waals surface area contributed by atoms with Crippen molar-refractivity contribution in [3.05, 3.63) is 16.1 Å². The van der Waals surface area contributed by atoms with E-state index in [1.54, 1.807) is 0 Å². The number of nitrogens with two attached hydrogens (primary N) is 1. The zero-order valence-corrected chi connectivity index (χ0v) is 12.2. The summed E-state index contributed by atoms with van der Waals surface area (Å²) in [5, 5.41) is 1.32. The molecule has 1 atom stereocenters. The Bertz CT molecular complexity index is 351. The molecule has 0 radical (unpaired) electrons. The van der Waals surface area contributed by atoms with E-state index in [2.05, 4.69) is 23.0 Å². The molecule has 2 heterocycles. The van der Waals surface area contributed by atoms with Crippen molar-refractivity contribution < 1.29 is 0 Å². The second kappa shape index (κ2) is 7.22. The van der Waals surface area contributed by atoms with Crippen LogP contribution in [0.3, 0.4) is 0 Å². The lowest BCUT2D eigenvalue weighted by atomic mass is 9.95. The molecule has 2 rings (SSSR count). The van der Waals surface area contributed by atoms with Gasteiger partial charge in [-0.2, -0.15) is 0 Å². The number of thiazole rings is 1. The van der Waals surface area contributed by atoms with Gasteiger partial charge in [-0.1, -0.05) is 6.92 Å². The number of piperidine rings is 1. The Morgan fingerprint density at radius 2 is 2.44 bits per heavy atom. The third kappa shape index (κ3) is 4.04. The smallest absolute Gasteiger partial charge is 0.0930 e. The molecule has 1 aliphatic rings. The highest BCUT2D eigenvalue weighted by Gasteiger charge is 2.20. The van der Waals surface area contributed by atoms with E-state index >= 15 is 0 Å². The highest BCUT2D eigenvalue weighted by molar-refractivity contribution is 7.11. The van der Waals surface area contributed by atoms with E-state index in [1.165, 1.54) is 48.8 Å². The van der Waals surface area contributed by atoms with Gasteiger partial charge in [0.15, 0.2) is 0 Å². The Labute approximate surface area is 114 Å². The van der Waals surface area contributed by atoms with Crippen molar-refractivity contribution in [2.45, 2.75) is 39.0 Å². The largest absolute Gasteiger partial charge is 0.330 e. The fourth-order valence-electron chi connectivity index (χ4n) is 2.69. The van der Waals surface area contributed by atoms with Crippen LogP contribution in [0.5, 0.6) is 0 Å². The van der Waals surface area contributed by atoms with Crippen LogP contribution in [0.25, 0.3) is 0 Å². The maximum atomic E-state index is 5.54. The molecule has 102 valence electrons. The molecule has 4 heteroatoms. The van der Waals surface area contributed by atoms with Crippen molar-refractivity contribution in [2.75, 3.05) is 26.2 Å². The lowest BCUT2D eigenvalue weighted by molar-refractivity contribution is 0.182. The maximum Gasteiger partial charge on any atom is 0.0930 e. The summed E-state index contributed by atoms with van der Waals surface area (Å²) in [6, 6.07) is 0. The number of nitrogens with zero attached hydrogens (tertiary/aromatic N) is 2. The normalized spacial score (nSPS) is 21.3. The molecule has 2 N–H and O–H groups in total. The van der Waals surface area contributed by atoms with Crippen molar-refractivity contribution >= 4 is 11.3 Å². The van der Waals surface area contributed by atoms with Crippen LogP contribution in [0, 0.1) is 5.92 Å². The molecular formula is C14H25N3S. The first-order valence-electron chi connectivity index (χ1n) is 7.17. The number of aryl methyl sites for hydroxylation is 1. The Hall–Kier alpha value is -0.450. The van der Waals surface area contributed by atoms with Crippen LogP contribution >= 0.6 is 11.3 Å². The van der Waals surface area contributed by atoms with Crippen LogP contribution < -0.4 is 5.73 Å². The number of aromatic nitrogens is 1. The molecule has 1 aromatic rings. The topological polar surface area (TPSA) is 42.2 Å². The molecule has 1 saturated heterocycles. The molecule has 3 nitrogen and oxygen atoms in total. The Morgan fingerprint density at radius 1 is 1.56 bits per heavy atom. The van der Waals surface area contributed by atoms with Crippen molar-refractivity contribution in [2.24, 2.45) is 11.7 Å². The predicted octanol–water partition coefficient (Wildman–Crippen LogP) is 2.31. The summed E-state index contributed by atoms with van der Waals surface area (Å²) in [7, 11) is 0. The molecule has 1 aliphatic heterocycles. The van der Waals surface area contributed by atoms with Crippen molar-refractivity contribution in [3.63, 3.8) is 0 Å². The molecule has 0 saturated carbocycles. The first-order valence-corrected chi connectivity index (χ1v) is 7.99. The van der Waals surface area contributed by atoms with Crippen LogP contribution in [-0.4, -0.2) is 36.1 Å². The molecule has 0 amide bonds. The zero-order valence-electron chi connectivity index (χ0n) is 11.4. The second-order valence-corrected chi connectivity index (χ2v) is 6.42. The zero-order chi connectivity index (χ0) is 12.8. The van der Waals surface area contributed by atoms with Gasteiger partial charge in [-0.25, -0.2) is 4.98 Å². The Balaban J connectivity index is 1.83. The minimum atomic E-state index is 0.779. The van der Waals surface area contributed by atoms with Crippen LogP contribution in [0.4, 0.5) is 0 Å². The summed E-state index contributed by atoms with van der Waals surface area (Å²) in [4.78, 5) is 8.54. The Kier molecular flexibility index (Phi) is 5.60. The van der Waals surface area contributed by atoms with E-state index in [0.717, 1.165) is 25.3 Å². The molecular weight excluding hydrogens is 242 g/mol. The van der Waals surface area contributed by atoms with E-state index in [1.807, 2.05) is 11.3 Å². The van der Waals surface area contributed by atoms with E-state index in [4.69, 9.17) is 5.73 Å². The minimum Gasteiger partial charge on any atom is -0.330 e. The highest BCUT2D eigenvalue weighted by Crippen LogP contribution is 2.23. The van der Waals surface area contributed by atoms with Crippen molar-refractivity contribution in [3.8, 4) is 0 Å². The first kappa shape index (κ1) is 14.0. The molecule has 18 heavy (non-hydrogen) atoms. The lowest BCUT2D eigenvalue weighted by Crippen LogP contribution is -2.35. The van der Waals surface area contributed by atoms with E-state index in [-0.39, 0.29) is 0 Å². The minimum absolute atomic E-state index is 0.779. The van der Waals surface area contributed by atoms with E-state index in [0.29, 0.717) is 0 Å². The predicted molar refractivity (Wildman–Crippen MR) is 78.0 cm³/mol. The lowest BCUT2D eigenvalue weighted by Gasteiger charge is -2.31. The van der Waals surface area contributed by atoms with Gasteiger partial charge in [0.05, 0.1) is 5.01 Å². The van der Waals surface area contributed by atoms with Gasteiger partial charge in [0.25, 0.3) is 0 Å². The SMILES string of the molecule is CCN1CCCC(Cc2ncc(CCCN)s2)C1. The quantitative estimate of drug-likeness (QED) is 0.860. The molecule has 0 spiro atoms. The molecule has 1 unspecified atom stereocenters. The molecule has 0 aliphatic carbocycles. The maximum absolute atomic E-state index is 5.54. The summed E-state index contributed by atoms with van der Waals surface area (Å²) >= 11 is 1.89. The second-order valence-electron chi connectivity index (χ2n) is 5.22. The number of hydrogen-bond acceptors (Lipinski definition) is 4. The third-order valence-corrected chi connectivity index (χ3v) is 4.82. The summed E-state index contributed by atoms with van der Waals surface area (Å²) < 4.78 is 0. The summed E-state index contributed by atoms with van der Waals surface area (Å²) in [5.41, 5.74) is 5.54. The van der Waals surface area contributed by atoms with Crippen LogP contribution in [-0.2, 0) is 12.8 Å². The van der Waals surface area contributed by atoms with Crippen LogP contribution in [0.15, 0.2) is 6.20 Å². The fraction of sp³-hybridized carbons (Fsp3) is 0.786. The first-order chi connectivity index (χ1) is 8.81. The highest BCUT2D eigenvalue weighted by atomic mass is 32.1. The summed E-state index contributed by atoms with van der Waals surface area (Å²) in [6.45, 7) is 6.77. The van der Waals surface area contributed by atoms with E-state index in [9.17, 15) is 0 Å². The monoisotopic (exact) mass is 267 g/mol. The summed E-state index contributed by atoms with van der Waals surface area (Å²) in [5.74, 6) is 0.812. The average molecular weight is 267 g/mol. The number of rotatable bonds is 6. The Morgan fingerprint density at radius 3 is 3.22 bits per heavy atom. The molecule has 1 aromatic heterocycles.